The van der Waals surface area contributed by atoms with Gasteiger partial charge in [0.2, 0.25) is 10.0 Å². The molecule has 108 valence electrons. The highest BCUT2D eigenvalue weighted by atomic mass is 32.2. The summed E-state index contributed by atoms with van der Waals surface area (Å²) in [5.74, 6) is -0.989. The van der Waals surface area contributed by atoms with Gasteiger partial charge in [0.05, 0.1) is 23.5 Å². The summed E-state index contributed by atoms with van der Waals surface area (Å²) in [6.45, 7) is 0.208. The van der Waals surface area contributed by atoms with E-state index in [4.69, 9.17) is 5.11 Å². The van der Waals surface area contributed by atoms with E-state index in [9.17, 15) is 13.2 Å². The highest BCUT2D eigenvalue weighted by Gasteiger charge is 2.32. The Morgan fingerprint density at radius 2 is 1.76 bits per heavy atom. The molecule has 0 radical (unpaired) electrons. The fourth-order valence-corrected chi connectivity index (χ4v) is 4.02. The van der Waals surface area contributed by atoms with Crippen LogP contribution in [0.2, 0.25) is 0 Å². The number of rotatable bonds is 3. The number of aromatic carboxylic acids is 1. The molecule has 2 aromatic rings. The zero-order chi connectivity index (χ0) is 15.0. The first-order valence-electron chi connectivity index (χ1n) is 6.38. The Bertz CT molecular complexity index is 797. The monoisotopic (exact) mass is 303 g/mol. The highest BCUT2D eigenvalue weighted by Crippen LogP contribution is 2.34. The lowest BCUT2D eigenvalue weighted by atomic mass is 10.1. The molecular formula is C15H13NO4S. The van der Waals surface area contributed by atoms with Crippen LogP contribution in [0.4, 0.5) is 5.69 Å². The van der Waals surface area contributed by atoms with Crippen LogP contribution >= 0.6 is 0 Å². The van der Waals surface area contributed by atoms with Crippen molar-refractivity contribution in [3.05, 3.63) is 65.2 Å². The Labute approximate surface area is 122 Å². The lowest BCUT2D eigenvalue weighted by Gasteiger charge is -2.18. The van der Waals surface area contributed by atoms with Crippen molar-refractivity contribution in [1.82, 2.24) is 0 Å². The van der Waals surface area contributed by atoms with Gasteiger partial charge in [-0.05, 0) is 29.3 Å². The summed E-state index contributed by atoms with van der Waals surface area (Å²) in [5.41, 5.74) is 2.42. The van der Waals surface area contributed by atoms with Crippen LogP contribution in [0.5, 0.6) is 0 Å². The molecule has 0 saturated heterocycles. The van der Waals surface area contributed by atoms with Crippen molar-refractivity contribution in [3.8, 4) is 0 Å². The molecule has 1 aliphatic heterocycles. The number of benzene rings is 2. The topological polar surface area (TPSA) is 74.7 Å². The zero-order valence-corrected chi connectivity index (χ0v) is 11.9. The van der Waals surface area contributed by atoms with E-state index in [1.54, 1.807) is 30.3 Å². The minimum Gasteiger partial charge on any atom is -0.478 e. The second kappa shape index (κ2) is 4.89. The first kappa shape index (κ1) is 13.6. The van der Waals surface area contributed by atoms with E-state index in [2.05, 4.69) is 0 Å². The van der Waals surface area contributed by atoms with E-state index in [0.717, 1.165) is 11.1 Å². The standard InChI is InChI=1S/C15H13NO4S/c17-15(18)12-7-5-11(6-8-12)9-16-14-4-2-1-3-13(14)10-21(16,19)20/h1-8H,9-10H2,(H,17,18). The van der Waals surface area contributed by atoms with E-state index in [1.807, 2.05) is 6.07 Å². The highest BCUT2D eigenvalue weighted by molar-refractivity contribution is 7.92. The van der Waals surface area contributed by atoms with Gasteiger partial charge in [0, 0.05) is 0 Å². The third kappa shape index (κ3) is 2.50. The molecule has 0 atom stereocenters. The van der Waals surface area contributed by atoms with Crippen LogP contribution in [-0.4, -0.2) is 19.5 Å². The average Bonchev–Trinajstić information content (AvgIpc) is 2.70. The first-order valence-corrected chi connectivity index (χ1v) is 7.99. The number of anilines is 1. The molecule has 0 unspecified atom stereocenters. The van der Waals surface area contributed by atoms with Gasteiger partial charge in [-0.25, -0.2) is 13.2 Å². The molecule has 1 heterocycles. The van der Waals surface area contributed by atoms with Crippen molar-refractivity contribution in [3.63, 3.8) is 0 Å². The minimum atomic E-state index is -3.35. The number of carboxylic acids is 1. The van der Waals surface area contributed by atoms with Gasteiger partial charge in [-0.15, -0.1) is 0 Å². The molecule has 3 rings (SSSR count). The summed E-state index contributed by atoms with van der Waals surface area (Å²) in [6.07, 6.45) is 0. The third-order valence-corrected chi connectivity index (χ3v) is 5.13. The van der Waals surface area contributed by atoms with Gasteiger partial charge >= 0.3 is 5.97 Å². The van der Waals surface area contributed by atoms with Gasteiger partial charge in [-0.3, -0.25) is 4.31 Å². The fourth-order valence-electron chi connectivity index (χ4n) is 2.40. The predicted octanol–water partition coefficient (Wildman–Crippen LogP) is 2.23. The van der Waals surface area contributed by atoms with Crippen molar-refractivity contribution in [2.75, 3.05) is 4.31 Å². The number of hydrogen-bond acceptors (Lipinski definition) is 3. The smallest absolute Gasteiger partial charge is 0.335 e. The number of hydrogen-bond donors (Lipinski definition) is 1. The summed E-state index contributed by atoms with van der Waals surface area (Å²) >= 11 is 0. The third-order valence-electron chi connectivity index (χ3n) is 3.46. The Morgan fingerprint density at radius 3 is 2.43 bits per heavy atom. The van der Waals surface area contributed by atoms with Gasteiger partial charge in [0.1, 0.15) is 0 Å². The number of nitrogens with zero attached hydrogens (tertiary/aromatic N) is 1. The van der Waals surface area contributed by atoms with Gasteiger partial charge < -0.3 is 5.11 Å². The minimum absolute atomic E-state index is 0.0103. The van der Waals surface area contributed by atoms with Crippen LogP contribution in [0, 0.1) is 0 Å². The first-order chi connectivity index (χ1) is 9.97. The molecule has 2 aromatic carbocycles. The maximum absolute atomic E-state index is 12.2. The van der Waals surface area contributed by atoms with Gasteiger partial charge in [0.25, 0.3) is 0 Å². The molecule has 1 aliphatic rings. The molecular weight excluding hydrogens is 290 g/mol. The van der Waals surface area contributed by atoms with E-state index in [1.165, 1.54) is 16.4 Å². The van der Waals surface area contributed by atoms with Crippen LogP contribution in [0.3, 0.4) is 0 Å². The maximum Gasteiger partial charge on any atom is 0.335 e. The molecule has 0 saturated carbocycles. The molecule has 0 spiro atoms. The predicted molar refractivity (Wildman–Crippen MR) is 78.7 cm³/mol. The lowest BCUT2D eigenvalue weighted by molar-refractivity contribution is 0.0697. The Morgan fingerprint density at radius 1 is 1.10 bits per heavy atom. The second-order valence-electron chi connectivity index (χ2n) is 4.89. The molecule has 0 bridgehead atoms. The lowest BCUT2D eigenvalue weighted by Crippen LogP contribution is -2.26. The van der Waals surface area contributed by atoms with Crippen molar-refractivity contribution < 1.29 is 18.3 Å². The molecule has 0 aliphatic carbocycles. The number of carbonyl (C=O) groups is 1. The fraction of sp³-hybridized carbons (Fsp3) is 0.133. The molecule has 0 aromatic heterocycles. The quantitative estimate of drug-likeness (QED) is 0.943. The van der Waals surface area contributed by atoms with Crippen molar-refractivity contribution >= 4 is 21.7 Å². The van der Waals surface area contributed by atoms with Crippen molar-refractivity contribution in [2.24, 2.45) is 0 Å². The van der Waals surface area contributed by atoms with Crippen LogP contribution < -0.4 is 4.31 Å². The number of carboxylic acid groups (broad SMARTS) is 1. The van der Waals surface area contributed by atoms with E-state index < -0.39 is 16.0 Å². The molecule has 0 fully saturated rings. The Hall–Kier alpha value is -2.34. The van der Waals surface area contributed by atoms with Crippen LogP contribution in [0.1, 0.15) is 21.5 Å². The van der Waals surface area contributed by atoms with E-state index in [-0.39, 0.29) is 17.9 Å². The van der Waals surface area contributed by atoms with Crippen LogP contribution in [0.25, 0.3) is 0 Å². The molecule has 0 amide bonds. The molecule has 6 heteroatoms. The Kier molecular flexibility index (Phi) is 3.17. The summed E-state index contributed by atoms with van der Waals surface area (Å²) in [5, 5.41) is 8.87. The molecule has 21 heavy (non-hydrogen) atoms. The van der Waals surface area contributed by atoms with E-state index >= 15 is 0 Å². The normalized spacial score (nSPS) is 15.7. The van der Waals surface area contributed by atoms with Gasteiger partial charge in [-0.1, -0.05) is 30.3 Å². The summed E-state index contributed by atoms with van der Waals surface area (Å²) in [4.78, 5) is 10.8. The second-order valence-corrected chi connectivity index (χ2v) is 6.79. The average molecular weight is 303 g/mol. The van der Waals surface area contributed by atoms with Crippen molar-refractivity contribution in [1.29, 1.82) is 0 Å². The summed E-state index contributed by atoms with van der Waals surface area (Å²) in [7, 11) is -3.35. The molecule has 1 N–H and O–H groups in total. The van der Waals surface area contributed by atoms with Gasteiger partial charge in [-0.2, -0.15) is 0 Å². The number of para-hydroxylation sites is 1. The number of fused-ring (bicyclic) bond motifs is 1. The molecule has 5 nitrogen and oxygen atoms in total. The van der Waals surface area contributed by atoms with Crippen molar-refractivity contribution in [2.45, 2.75) is 12.3 Å². The largest absolute Gasteiger partial charge is 0.478 e. The maximum atomic E-state index is 12.2. The van der Waals surface area contributed by atoms with Crippen LogP contribution in [0.15, 0.2) is 48.5 Å². The van der Waals surface area contributed by atoms with E-state index in [0.29, 0.717) is 5.69 Å². The Balaban J connectivity index is 1.92. The zero-order valence-electron chi connectivity index (χ0n) is 11.1. The SMILES string of the molecule is O=C(O)c1ccc(CN2c3ccccc3CS2(=O)=O)cc1. The summed E-state index contributed by atoms with van der Waals surface area (Å²) in [6, 6.07) is 13.4. The van der Waals surface area contributed by atoms with Crippen LogP contribution in [-0.2, 0) is 22.3 Å². The summed E-state index contributed by atoms with van der Waals surface area (Å²) < 4.78 is 25.8. The number of sulfonamides is 1. The van der Waals surface area contributed by atoms with Gasteiger partial charge in [0.15, 0.2) is 0 Å².